The standard InChI is InChI=1S/C65H76Br2O13/c1-44-55(70-38-47-23-10-4-11-24-47)54(68)58(73-41-50-29-16-7-17-30-50)64(77-44)79-60-57(72-40-49-27-14-6-15-28-49)46(3)78-65(61(60)75-43-52-33-20-9-21-34-52)80-62-59(74-42-51-31-18-8-19-32-51)56(71-39-48-25-12-5-13-26-48)45(2)76-63(62)69-36-22-35-53(67)37-66/h4-21,23-34,44-46,53-65,68H,22,35-43H2,1-3H3/t44-,45-,46-,53?,54+,55-,56-,57-,58+,59+,60+,61+,62+,63+,64-,65-/m0/s1. The van der Waals surface area contributed by atoms with Crippen molar-refractivity contribution in [2.45, 2.75) is 170 Å². The molecule has 0 amide bonds. The van der Waals surface area contributed by atoms with Gasteiger partial charge in [-0.25, -0.2) is 0 Å². The minimum Gasteiger partial charge on any atom is -0.387 e. The first kappa shape index (κ1) is 60.4. The van der Waals surface area contributed by atoms with Crippen molar-refractivity contribution in [3.63, 3.8) is 0 Å². The third kappa shape index (κ3) is 17.2. The molecular formula is C65H76Br2O13. The first-order valence-corrected chi connectivity index (χ1v) is 29.9. The number of benzene rings is 6. The number of halogens is 2. The molecule has 3 saturated heterocycles. The van der Waals surface area contributed by atoms with E-state index >= 15 is 0 Å². The predicted molar refractivity (Wildman–Crippen MR) is 311 cm³/mol. The largest absolute Gasteiger partial charge is 0.387 e. The van der Waals surface area contributed by atoms with Gasteiger partial charge in [-0.3, -0.25) is 0 Å². The van der Waals surface area contributed by atoms with Gasteiger partial charge in [0.15, 0.2) is 18.9 Å². The van der Waals surface area contributed by atoms with Crippen molar-refractivity contribution in [3.05, 3.63) is 215 Å². The van der Waals surface area contributed by atoms with Crippen LogP contribution in [-0.4, -0.2) is 114 Å². The predicted octanol–water partition coefficient (Wildman–Crippen LogP) is 11.8. The number of hydrogen-bond acceptors (Lipinski definition) is 13. The first-order valence-electron chi connectivity index (χ1n) is 27.9. The van der Waals surface area contributed by atoms with Crippen LogP contribution in [0.2, 0.25) is 0 Å². The number of ether oxygens (including phenoxy) is 12. The fraction of sp³-hybridized carbons (Fsp3) is 0.446. The van der Waals surface area contributed by atoms with Gasteiger partial charge in [-0.1, -0.05) is 214 Å². The van der Waals surface area contributed by atoms with Crippen LogP contribution in [0.4, 0.5) is 0 Å². The Bertz CT molecular complexity index is 2630. The molecule has 0 bridgehead atoms. The summed E-state index contributed by atoms with van der Waals surface area (Å²) >= 11 is 7.37. The van der Waals surface area contributed by atoms with E-state index in [1.54, 1.807) is 0 Å². The maximum absolute atomic E-state index is 12.5. The lowest BCUT2D eigenvalue weighted by Gasteiger charge is -2.51. The monoisotopic (exact) mass is 1220 g/mol. The molecular weight excluding hydrogens is 1150 g/mol. The van der Waals surface area contributed by atoms with Gasteiger partial charge in [0.25, 0.3) is 0 Å². The topological polar surface area (TPSA) is 131 Å². The summed E-state index contributed by atoms with van der Waals surface area (Å²) in [4.78, 5) is 0.268. The third-order valence-electron chi connectivity index (χ3n) is 14.6. The molecule has 1 N–H and O–H groups in total. The van der Waals surface area contributed by atoms with Gasteiger partial charge in [-0.15, -0.1) is 0 Å². The van der Waals surface area contributed by atoms with Crippen molar-refractivity contribution >= 4 is 31.9 Å². The van der Waals surface area contributed by atoms with Crippen molar-refractivity contribution in [1.82, 2.24) is 0 Å². The summed E-state index contributed by atoms with van der Waals surface area (Å²) in [7, 11) is 0. The number of hydrogen-bond donors (Lipinski definition) is 1. The molecule has 6 aromatic carbocycles. The van der Waals surface area contributed by atoms with E-state index in [1.165, 1.54) is 0 Å². The lowest BCUT2D eigenvalue weighted by Crippen LogP contribution is -2.67. The number of alkyl halides is 2. The van der Waals surface area contributed by atoms with Crippen LogP contribution >= 0.6 is 31.9 Å². The average molecular weight is 1230 g/mol. The maximum atomic E-state index is 12.5. The molecule has 0 saturated carbocycles. The summed E-state index contributed by atoms with van der Waals surface area (Å²) in [5.74, 6) is 0. The Morgan fingerprint density at radius 3 is 1.10 bits per heavy atom. The second-order valence-electron chi connectivity index (χ2n) is 20.7. The second kappa shape index (κ2) is 31.4. The minimum atomic E-state index is -1.18. The van der Waals surface area contributed by atoms with Gasteiger partial charge < -0.3 is 61.9 Å². The highest BCUT2D eigenvalue weighted by atomic mass is 79.9. The summed E-state index contributed by atoms with van der Waals surface area (Å²) in [6, 6.07) is 59.6. The highest BCUT2D eigenvalue weighted by Crippen LogP contribution is 2.39. The van der Waals surface area contributed by atoms with Crippen LogP contribution in [0.5, 0.6) is 0 Å². The zero-order chi connectivity index (χ0) is 55.5. The molecule has 13 nitrogen and oxygen atoms in total. The highest BCUT2D eigenvalue weighted by molar-refractivity contribution is 9.12. The molecule has 3 aliphatic rings. The van der Waals surface area contributed by atoms with Crippen LogP contribution < -0.4 is 0 Å². The highest BCUT2D eigenvalue weighted by Gasteiger charge is 2.56. The Labute approximate surface area is 488 Å². The van der Waals surface area contributed by atoms with E-state index in [-0.39, 0.29) is 37.9 Å². The Morgan fingerprint density at radius 2 is 0.688 bits per heavy atom. The van der Waals surface area contributed by atoms with Crippen molar-refractivity contribution < 1.29 is 61.9 Å². The van der Waals surface area contributed by atoms with Crippen LogP contribution in [0, 0.1) is 0 Å². The molecule has 3 heterocycles. The van der Waals surface area contributed by atoms with Crippen molar-refractivity contribution in [1.29, 1.82) is 0 Å². The van der Waals surface area contributed by atoms with Gasteiger partial charge in [0.1, 0.15) is 54.9 Å². The van der Waals surface area contributed by atoms with Gasteiger partial charge >= 0.3 is 0 Å². The molecule has 0 radical (unpaired) electrons. The molecule has 9 rings (SSSR count). The third-order valence-corrected chi connectivity index (χ3v) is 17.0. The molecule has 6 aromatic rings. The molecule has 16 atom stereocenters. The van der Waals surface area contributed by atoms with E-state index in [2.05, 4.69) is 31.9 Å². The van der Waals surface area contributed by atoms with E-state index in [0.717, 1.165) is 51.6 Å². The summed E-state index contributed by atoms with van der Waals surface area (Å²) in [5.41, 5.74) is 5.70. The molecule has 0 spiro atoms. The fourth-order valence-electron chi connectivity index (χ4n) is 10.3. The number of aliphatic hydroxyl groups is 1. The number of rotatable bonds is 28. The molecule has 0 aromatic heterocycles. The van der Waals surface area contributed by atoms with Crippen LogP contribution in [0.3, 0.4) is 0 Å². The maximum Gasteiger partial charge on any atom is 0.187 e. The summed E-state index contributed by atoms with van der Waals surface area (Å²) in [5, 5.41) is 13.3. The van der Waals surface area contributed by atoms with E-state index in [4.69, 9.17) is 56.8 Å². The molecule has 80 heavy (non-hydrogen) atoms. The normalized spacial score (nSPS) is 29.2. The zero-order valence-corrected chi connectivity index (χ0v) is 48.9. The summed E-state index contributed by atoms with van der Waals surface area (Å²) < 4.78 is 83.5. The Balaban J connectivity index is 1.09. The Morgan fingerprint density at radius 1 is 0.375 bits per heavy atom. The summed E-state index contributed by atoms with van der Waals surface area (Å²) in [6.07, 6.45) is -11.5. The summed E-state index contributed by atoms with van der Waals surface area (Å²) in [6.45, 7) is 7.53. The SMILES string of the molecule is C[C@@H]1O[C@@H](O[C@@H]2[C@@H](OCc3ccccc3)[C@H](C)O[C@@H](O[C@H]3[C@H](OCCCC(Br)CBr)O[C@@H](C)[C@H](OCc4ccccc4)[C@H]3OCc3ccccc3)[C@@H]2OCc2ccccc2)[C@H](OCc2ccccc2)[C@H](O)[C@H]1OCc1ccccc1. The van der Waals surface area contributed by atoms with Gasteiger partial charge in [-0.2, -0.15) is 0 Å². The molecule has 428 valence electrons. The Kier molecular flexibility index (Phi) is 23.7. The van der Waals surface area contributed by atoms with Crippen molar-refractivity contribution in [2.24, 2.45) is 0 Å². The smallest absolute Gasteiger partial charge is 0.187 e. The van der Waals surface area contributed by atoms with E-state index in [0.29, 0.717) is 13.2 Å². The van der Waals surface area contributed by atoms with Crippen LogP contribution in [-0.2, 0) is 96.5 Å². The number of aliphatic hydroxyl groups excluding tert-OH is 1. The fourth-order valence-corrected chi connectivity index (χ4v) is 11.0. The van der Waals surface area contributed by atoms with Gasteiger partial charge in [0, 0.05) is 16.8 Å². The second-order valence-corrected chi connectivity index (χ2v) is 22.6. The van der Waals surface area contributed by atoms with Gasteiger partial charge in [0.05, 0.1) is 58.0 Å². The van der Waals surface area contributed by atoms with E-state index in [1.807, 2.05) is 203 Å². The molecule has 0 aliphatic carbocycles. The molecule has 3 fully saturated rings. The van der Waals surface area contributed by atoms with E-state index < -0.39 is 92.1 Å². The van der Waals surface area contributed by atoms with Gasteiger partial charge in [0.2, 0.25) is 0 Å². The molecule has 1 unspecified atom stereocenters. The van der Waals surface area contributed by atoms with Crippen molar-refractivity contribution in [2.75, 3.05) is 11.9 Å². The zero-order valence-electron chi connectivity index (χ0n) is 45.7. The molecule has 3 aliphatic heterocycles. The van der Waals surface area contributed by atoms with Crippen LogP contribution in [0.1, 0.15) is 67.0 Å². The average Bonchev–Trinajstić information content (AvgIpc) is 3.55. The molecule has 15 heteroatoms. The van der Waals surface area contributed by atoms with E-state index in [9.17, 15) is 5.11 Å². The minimum absolute atomic E-state index is 0.151. The van der Waals surface area contributed by atoms with Gasteiger partial charge in [-0.05, 0) is 67.0 Å². The van der Waals surface area contributed by atoms with Crippen molar-refractivity contribution in [3.8, 4) is 0 Å². The Hall–Kier alpha value is -4.24. The van der Waals surface area contributed by atoms with Crippen LogP contribution in [0.15, 0.2) is 182 Å². The lowest BCUT2D eigenvalue weighted by atomic mass is 9.95. The lowest BCUT2D eigenvalue weighted by molar-refractivity contribution is -0.393. The quantitative estimate of drug-likeness (QED) is 0.0370. The van der Waals surface area contributed by atoms with Crippen LogP contribution in [0.25, 0.3) is 0 Å². The first-order chi connectivity index (χ1) is 39.2.